The number of nitrogens with two attached hydrogens (primary N) is 1. The molecule has 7 heteroatoms. The first kappa shape index (κ1) is 21.8. The van der Waals surface area contributed by atoms with Crippen LogP contribution in [0, 0.1) is 0 Å². The first-order valence-electron chi connectivity index (χ1n) is 9.34. The summed E-state index contributed by atoms with van der Waals surface area (Å²) in [5, 5.41) is 0. The molecule has 1 aromatic carbocycles. The minimum absolute atomic E-state index is 0. The zero-order valence-corrected chi connectivity index (χ0v) is 18.9. The number of nitrogens with zero attached hydrogens (tertiary/aromatic N) is 4. The molecule has 0 aliphatic carbocycles. The number of thioether (sulfide) groups is 1. The van der Waals surface area contributed by atoms with Crippen LogP contribution in [0.25, 0.3) is 0 Å². The molecule has 2 saturated heterocycles. The third-order valence-corrected chi connectivity index (χ3v) is 6.03. The standard InChI is InChI=1S/C19H31N5S.HI/c1-22-10-11-23(18(16-22)17-6-3-2-4-7-17)9-5-8-21-19(20)24-12-14-25-15-13-24;/h2-4,6-7,18H,5,8-16H2,1H3,(H2,20,21);1H. The highest BCUT2D eigenvalue weighted by Gasteiger charge is 2.25. The molecule has 26 heavy (non-hydrogen) atoms. The molecular weight excluding hydrogens is 457 g/mol. The Morgan fingerprint density at radius 1 is 1.15 bits per heavy atom. The van der Waals surface area contributed by atoms with Gasteiger partial charge in [0.25, 0.3) is 0 Å². The van der Waals surface area contributed by atoms with Gasteiger partial charge in [0.2, 0.25) is 0 Å². The van der Waals surface area contributed by atoms with Gasteiger partial charge in [-0.1, -0.05) is 30.3 Å². The van der Waals surface area contributed by atoms with Gasteiger partial charge in [0.05, 0.1) is 0 Å². The molecule has 0 saturated carbocycles. The molecular formula is C19H32IN5S. The van der Waals surface area contributed by atoms with Crippen molar-refractivity contribution in [3.8, 4) is 0 Å². The predicted octanol–water partition coefficient (Wildman–Crippen LogP) is 2.35. The second-order valence-corrected chi connectivity index (χ2v) is 8.14. The van der Waals surface area contributed by atoms with Crippen LogP contribution in [0.15, 0.2) is 35.3 Å². The molecule has 0 spiro atoms. The van der Waals surface area contributed by atoms with E-state index < -0.39 is 0 Å². The second kappa shape index (κ2) is 11.4. The Labute approximate surface area is 179 Å². The number of rotatable bonds is 5. The van der Waals surface area contributed by atoms with Crippen LogP contribution in [0.1, 0.15) is 18.0 Å². The highest BCUT2D eigenvalue weighted by Crippen LogP contribution is 2.24. The van der Waals surface area contributed by atoms with Crippen LogP contribution < -0.4 is 5.73 Å². The second-order valence-electron chi connectivity index (χ2n) is 6.92. The van der Waals surface area contributed by atoms with Crippen molar-refractivity contribution in [2.45, 2.75) is 12.5 Å². The van der Waals surface area contributed by atoms with E-state index in [0.29, 0.717) is 6.04 Å². The molecule has 5 nitrogen and oxygen atoms in total. The Hall–Kier alpha value is -0.510. The smallest absolute Gasteiger partial charge is 0.191 e. The van der Waals surface area contributed by atoms with Crippen LogP contribution in [-0.4, -0.2) is 85.0 Å². The molecule has 146 valence electrons. The lowest BCUT2D eigenvalue weighted by atomic mass is 10.0. The van der Waals surface area contributed by atoms with Crippen molar-refractivity contribution in [3.63, 3.8) is 0 Å². The van der Waals surface area contributed by atoms with Crippen molar-refractivity contribution >= 4 is 41.7 Å². The lowest BCUT2D eigenvalue weighted by Gasteiger charge is -2.40. The van der Waals surface area contributed by atoms with Crippen LogP contribution in [-0.2, 0) is 0 Å². The van der Waals surface area contributed by atoms with Crippen molar-refractivity contribution in [1.82, 2.24) is 14.7 Å². The van der Waals surface area contributed by atoms with Crippen LogP contribution >= 0.6 is 35.7 Å². The average molecular weight is 489 g/mol. The molecule has 0 radical (unpaired) electrons. The summed E-state index contributed by atoms with van der Waals surface area (Å²) in [6, 6.07) is 11.4. The summed E-state index contributed by atoms with van der Waals surface area (Å²) in [7, 11) is 2.22. The number of aliphatic imine (C=N–C) groups is 1. The maximum Gasteiger partial charge on any atom is 0.191 e. The van der Waals surface area contributed by atoms with E-state index in [1.54, 1.807) is 0 Å². The molecule has 2 aliphatic heterocycles. The van der Waals surface area contributed by atoms with Crippen LogP contribution in [0.3, 0.4) is 0 Å². The number of hydrogen-bond donors (Lipinski definition) is 1. The van der Waals surface area contributed by atoms with Crippen LogP contribution in [0.5, 0.6) is 0 Å². The first-order chi connectivity index (χ1) is 12.2. The predicted molar refractivity (Wildman–Crippen MR) is 124 cm³/mol. The Kier molecular flexibility index (Phi) is 9.52. The fourth-order valence-corrected chi connectivity index (χ4v) is 4.48. The quantitative estimate of drug-likeness (QED) is 0.298. The molecule has 2 heterocycles. The summed E-state index contributed by atoms with van der Waals surface area (Å²) in [6.07, 6.45) is 1.07. The zero-order valence-electron chi connectivity index (χ0n) is 15.7. The summed E-state index contributed by atoms with van der Waals surface area (Å²) in [6.45, 7) is 7.34. The lowest BCUT2D eigenvalue weighted by molar-refractivity contribution is 0.0894. The summed E-state index contributed by atoms with van der Waals surface area (Å²) in [5.41, 5.74) is 7.57. The van der Waals surface area contributed by atoms with Gasteiger partial charge in [0.15, 0.2) is 5.96 Å². The maximum absolute atomic E-state index is 6.15. The summed E-state index contributed by atoms with van der Waals surface area (Å²) in [5.74, 6) is 3.06. The Morgan fingerprint density at radius 2 is 1.88 bits per heavy atom. The molecule has 0 amide bonds. The van der Waals surface area contributed by atoms with Crippen LogP contribution in [0.4, 0.5) is 0 Å². The monoisotopic (exact) mass is 489 g/mol. The molecule has 2 aliphatic rings. The Balaban J connectivity index is 0.00000243. The van der Waals surface area contributed by atoms with Gasteiger partial charge in [-0.05, 0) is 19.0 Å². The summed E-state index contributed by atoms with van der Waals surface area (Å²) in [4.78, 5) is 11.9. The molecule has 0 bridgehead atoms. The van der Waals surface area contributed by atoms with Crippen molar-refractivity contribution < 1.29 is 0 Å². The minimum atomic E-state index is 0. The number of guanidine groups is 1. The normalized spacial score (nSPS) is 22.9. The number of piperazine rings is 1. The molecule has 3 rings (SSSR count). The number of hydrogen-bond acceptors (Lipinski definition) is 4. The van der Waals surface area contributed by atoms with Gasteiger partial charge in [-0.3, -0.25) is 9.89 Å². The van der Waals surface area contributed by atoms with Crippen molar-refractivity contribution in [2.75, 3.05) is 64.4 Å². The summed E-state index contributed by atoms with van der Waals surface area (Å²) < 4.78 is 0. The fourth-order valence-electron chi connectivity index (χ4n) is 3.58. The SMILES string of the molecule is CN1CCN(CCCN=C(N)N2CCSCC2)C(c2ccccc2)C1.I. The lowest BCUT2D eigenvalue weighted by Crippen LogP contribution is -2.47. The number of likely N-dealkylation sites (N-methyl/N-ethyl adjacent to an activating group) is 1. The van der Waals surface area contributed by atoms with Gasteiger partial charge >= 0.3 is 0 Å². The Morgan fingerprint density at radius 3 is 2.62 bits per heavy atom. The van der Waals surface area contributed by atoms with Crippen LogP contribution in [0.2, 0.25) is 0 Å². The highest BCUT2D eigenvalue weighted by molar-refractivity contribution is 14.0. The van der Waals surface area contributed by atoms with Crippen molar-refractivity contribution in [3.05, 3.63) is 35.9 Å². The van der Waals surface area contributed by atoms with E-state index in [0.717, 1.165) is 69.7 Å². The molecule has 1 atom stereocenters. The minimum Gasteiger partial charge on any atom is -0.370 e. The molecule has 2 N–H and O–H groups in total. The number of halogens is 1. The van der Waals surface area contributed by atoms with Gasteiger partial charge in [-0.2, -0.15) is 11.8 Å². The average Bonchev–Trinajstić information content (AvgIpc) is 2.67. The van der Waals surface area contributed by atoms with E-state index in [-0.39, 0.29) is 24.0 Å². The maximum atomic E-state index is 6.15. The molecule has 2 fully saturated rings. The van der Waals surface area contributed by atoms with Gasteiger partial charge < -0.3 is 15.5 Å². The number of benzene rings is 1. The van der Waals surface area contributed by atoms with E-state index in [2.05, 4.69) is 57.1 Å². The fraction of sp³-hybridized carbons (Fsp3) is 0.632. The van der Waals surface area contributed by atoms with Gasteiger partial charge in [-0.15, -0.1) is 24.0 Å². The third-order valence-electron chi connectivity index (χ3n) is 5.09. The van der Waals surface area contributed by atoms with Crippen molar-refractivity contribution in [1.29, 1.82) is 0 Å². The molecule has 1 aromatic rings. The molecule has 1 unspecified atom stereocenters. The zero-order chi connectivity index (χ0) is 17.5. The van der Waals surface area contributed by atoms with Gasteiger partial charge in [-0.25, -0.2) is 0 Å². The van der Waals surface area contributed by atoms with Crippen molar-refractivity contribution in [2.24, 2.45) is 10.7 Å². The first-order valence-corrected chi connectivity index (χ1v) is 10.5. The molecule has 0 aromatic heterocycles. The van der Waals surface area contributed by atoms with E-state index in [9.17, 15) is 0 Å². The van der Waals surface area contributed by atoms with Gasteiger partial charge in [0.1, 0.15) is 0 Å². The Bertz CT molecular complexity index is 550. The summed E-state index contributed by atoms with van der Waals surface area (Å²) >= 11 is 2.00. The van der Waals surface area contributed by atoms with E-state index >= 15 is 0 Å². The largest absolute Gasteiger partial charge is 0.370 e. The van der Waals surface area contributed by atoms with E-state index in [1.165, 1.54) is 5.56 Å². The topological polar surface area (TPSA) is 48.1 Å². The third kappa shape index (κ3) is 6.28. The van der Waals surface area contributed by atoms with E-state index in [4.69, 9.17) is 5.73 Å². The highest BCUT2D eigenvalue weighted by atomic mass is 127. The van der Waals surface area contributed by atoms with Gasteiger partial charge in [0, 0.05) is 63.4 Å². The van der Waals surface area contributed by atoms with E-state index in [1.807, 2.05) is 11.8 Å².